The number of carbonyl (C=O) groups excluding carboxylic acids is 2. The number of carbonyl (C=O) groups is 2. The Bertz CT molecular complexity index is 1150. The van der Waals surface area contributed by atoms with Crippen molar-refractivity contribution in [3.63, 3.8) is 0 Å². The van der Waals surface area contributed by atoms with E-state index >= 15 is 0 Å². The summed E-state index contributed by atoms with van der Waals surface area (Å²) < 4.78 is 5.93. The van der Waals surface area contributed by atoms with E-state index in [2.05, 4.69) is 64.3 Å². The van der Waals surface area contributed by atoms with Crippen LogP contribution in [0.4, 0.5) is 5.69 Å². The molecule has 0 aliphatic heterocycles. The van der Waals surface area contributed by atoms with Crippen molar-refractivity contribution < 1.29 is 14.3 Å². The number of benzene rings is 3. The molecule has 0 spiro atoms. The summed E-state index contributed by atoms with van der Waals surface area (Å²) in [4.78, 5) is 24.9. The predicted octanol–water partition coefficient (Wildman–Crippen LogP) is 6.23. The van der Waals surface area contributed by atoms with Gasteiger partial charge < -0.3 is 15.4 Å². The van der Waals surface area contributed by atoms with Crippen molar-refractivity contribution in [3.05, 3.63) is 95.1 Å². The van der Waals surface area contributed by atoms with Crippen LogP contribution in [0.25, 0.3) is 0 Å². The maximum atomic E-state index is 12.5. The Morgan fingerprint density at radius 1 is 0.800 bits per heavy atom. The first-order chi connectivity index (χ1) is 16.4. The summed E-state index contributed by atoms with van der Waals surface area (Å²) in [6, 6.07) is 22.8. The van der Waals surface area contributed by atoms with Crippen LogP contribution in [0.15, 0.2) is 72.8 Å². The molecular weight excluding hydrogens is 436 g/mol. The third kappa shape index (κ3) is 7.44. The van der Waals surface area contributed by atoms with Gasteiger partial charge in [0.15, 0.2) is 6.61 Å². The van der Waals surface area contributed by atoms with Gasteiger partial charge in [0.2, 0.25) is 0 Å². The lowest BCUT2D eigenvalue weighted by Crippen LogP contribution is -2.23. The van der Waals surface area contributed by atoms with Gasteiger partial charge in [0.05, 0.1) is 0 Å². The number of ether oxygens (including phenoxy) is 1. The van der Waals surface area contributed by atoms with Gasteiger partial charge in [-0.1, -0.05) is 84.0 Å². The molecule has 0 bridgehead atoms. The summed E-state index contributed by atoms with van der Waals surface area (Å²) in [7, 11) is 0. The second-order valence-electron chi connectivity index (χ2n) is 10.8. The van der Waals surface area contributed by atoms with Crippen molar-refractivity contribution in [1.29, 1.82) is 0 Å². The smallest absolute Gasteiger partial charge is 0.262 e. The highest BCUT2D eigenvalue weighted by Gasteiger charge is 2.23. The highest BCUT2D eigenvalue weighted by Crippen LogP contribution is 2.35. The van der Waals surface area contributed by atoms with Crippen LogP contribution in [-0.4, -0.2) is 18.4 Å². The lowest BCUT2D eigenvalue weighted by Gasteiger charge is -2.27. The molecule has 0 radical (unpaired) electrons. The van der Waals surface area contributed by atoms with Crippen molar-refractivity contribution in [2.45, 2.75) is 58.9 Å². The fraction of sp³-hybridized carbons (Fsp3) is 0.333. The Kier molecular flexibility index (Phi) is 8.00. The molecule has 0 heterocycles. The van der Waals surface area contributed by atoms with Crippen LogP contribution in [0.5, 0.6) is 5.75 Å². The van der Waals surface area contributed by atoms with Crippen molar-refractivity contribution in [1.82, 2.24) is 5.32 Å². The van der Waals surface area contributed by atoms with Crippen LogP contribution in [0.1, 0.15) is 68.6 Å². The zero-order chi connectivity index (χ0) is 25.6. The molecule has 2 N–H and O–H groups in total. The second kappa shape index (κ2) is 10.8. The van der Waals surface area contributed by atoms with E-state index in [0.717, 1.165) is 11.1 Å². The number of hydrogen-bond acceptors (Lipinski definition) is 3. The van der Waals surface area contributed by atoms with E-state index in [9.17, 15) is 9.59 Å². The molecule has 0 atom stereocenters. The molecule has 5 nitrogen and oxygen atoms in total. The Morgan fingerprint density at radius 2 is 1.46 bits per heavy atom. The summed E-state index contributed by atoms with van der Waals surface area (Å²) in [5.41, 5.74) is 4.38. The summed E-state index contributed by atoms with van der Waals surface area (Å²) in [5, 5.41) is 5.73. The zero-order valence-corrected chi connectivity index (χ0v) is 21.6. The van der Waals surface area contributed by atoms with Crippen LogP contribution in [0, 0.1) is 0 Å². The second-order valence-corrected chi connectivity index (χ2v) is 10.8. The number of rotatable bonds is 7. The Balaban J connectivity index is 1.57. The molecule has 35 heavy (non-hydrogen) atoms. The van der Waals surface area contributed by atoms with E-state index < -0.39 is 0 Å². The molecule has 3 aromatic rings. The fourth-order valence-corrected chi connectivity index (χ4v) is 3.63. The first-order valence-electron chi connectivity index (χ1n) is 11.9. The third-order valence-corrected chi connectivity index (χ3v) is 5.74. The topological polar surface area (TPSA) is 67.4 Å². The standard InChI is InChI=1S/C30H36N2O3/c1-29(2,3)23-14-17-26(25(18-23)30(4,5)6)35-20-27(33)32-24-15-12-22(13-16-24)28(34)31-19-21-10-8-7-9-11-21/h7-18H,19-20H2,1-6H3,(H,31,34)(H,32,33). The fourth-order valence-electron chi connectivity index (χ4n) is 3.63. The third-order valence-electron chi connectivity index (χ3n) is 5.74. The SMILES string of the molecule is CC(C)(C)c1ccc(OCC(=O)Nc2ccc(C(=O)NCc3ccccc3)cc2)c(C(C)(C)C)c1. The van der Waals surface area contributed by atoms with Crippen LogP contribution in [0.2, 0.25) is 0 Å². The van der Waals surface area contributed by atoms with Gasteiger partial charge in [0.25, 0.3) is 11.8 Å². The first kappa shape index (κ1) is 26.0. The van der Waals surface area contributed by atoms with Crippen molar-refractivity contribution in [3.8, 4) is 5.75 Å². The van der Waals surface area contributed by atoms with Gasteiger partial charge in [-0.05, 0) is 57.9 Å². The Labute approximate surface area is 208 Å². The maximum Gasteiger partial charge on any atom is 0.262 e. The molecule has 0 unspecified atom stereocenters. The largest absolute Gasteiger partial charge is 0.483 e. The number of amides is 2. The van der Waals surface area contributed by atoms with Crippen LogP contribution >= 0.6 is 0 Å². The number of nitrogens with one attached hydrogen (secondary N) is 2. The summed E-state index contributed by atoms with van der Waals surface area (Å²) in [6.45, 7) is 13.3. The quantitative estimate of drug-likeness (QED) is 0.428. The summed E-state index contributed by atoms with van der Waals surface area (Å²) >= 11 is 0. The Hall–Kier alpha value is -3.60. The van der Waals surface area contributed by atoms with Crippen molar-refractivity contribution >= 4 is 17.5 Å². The average Bonchev–Trinajstić information content (AvgIpc) is 2.81. The molecule has 3 aromatic carbocycles. The van der Waals surface area contributed by atoms with Crippen molar-refractivity contribution in [2.75, 3.05) is 11.9 Å². The van der Waals surface area contributed by atoms with Gasteiger partial charge in [-0.3, -0.25) is 9.59 Å². The van der Waals surface area contributed by atoms with Gasteiger partial charge in [-0.2, -0.15) is 0 Å². The van der Waals surface area contributed by atoms with Crippen molar-refractivity contribution in [2.24, 2.45) is 0 Å². The van der Waals surface area contributed by atoms with E-state index in [4.69, 9.17) is 4.74 Å². The predicted molar refractivity (Wildman–Crippen MR) is 142 cm³/mol. The normalized spacial score (nSPS) is 11.6. The number of hydrogen-bond donors (Lipinski definition) is 2. The molecule has 5 heteroatoms. The van der Waals surface area contributed by atoms with Crippen LogP contribution in [-0.2, 0) is 22.2 Å². The van der Waals surface area contributed by atoms with Gasteiger partial charge in [-0.25, -0.2) is 0 Å². The molecular formula is C30H36N2O3. The molecule has 2 amide bonds. The lowest BCUT2D eigenvalue weighted by atomic mass is 9.80. The molecule has 0 aliphatic carbocycles. The highest BCUT2D eigenvalue weighted by molar-refractivity contribution is 5.96. The van der Waals surface area contributed by atoms with Gasteiger partial charge >= 0.3 is 0 Å². The average molecular weight is 473 g/mol. The molecule has 0 fully saturated rings. The van der Waals surface area contributed by atoms with Crippen LogP contribution < -0.4 is 15.4 Å². The van der Waals surface area contributed by atoms with E-state index in [1.54, 1.807) is 24.3 Å². The molecule has 3 rings (SSSR count). The monoisotopic (exact) mass is 472 g/mol. The maximum absolute atomic E-state index is 12.5. The van der Waals surface area contributed by atoms with E-state index in [1.165, 1.54) is 5.56 Å². The number of anilines is 1. The molecule has 0 saturated carbocycles. The van der Waals surface area contributed by atoms with Crippen LogP contribution in [0.3, 0.4) is 0 Å². The highest BCUT2D eigenvalue weighted by atomic mass is 16.5. The molecule has 0 aliphatic rings. The van der Waals surface area contributed by atoms with E-state index in [-0.39, 0.29) is 29.3 Å². The molecule has 0 saturated heterocycles. The van der Waals surface area contributed by atoms with Gasteiger partial charge in [0, 0.05) is 17.8 Å². The molecule has 184 valence electrons. The summed E-state index contributed by atoms with van der Waals surface area (Å²) in [5.74, 6) is 0.292. The van der Waals surface area contributed by atoms with Gasteiger partial charge in [-0.15, -0.1) is 0 Å². The first-order valence-corrected chi connectivity index (χ1v) is 11.9. The lowest BCUT2D eigenvalue weighted by molar-refractivity contribution is -0.118. The van der Waals surface area contributed by atoms with E-state index in [1.807, 2.05) is 36.4 Å². The van der Waals surface area contributed by atoms with E-state index in [0.29, 0.717) is 23.5 Å². The minimum absolute atomic E-state index is 0.0283. The summed E-state index contributed by atoms with van der Waals surface area (Å²) in [6.07, 6.45) is 0. The Morgan fingerprint density at radius 3 is 2.06 bits per heavy atom. The minimum atomic E-state index is -0.258. The van der Waals surface area contributed by atoms with Gasteiger partial charge in [0.1, 0.15) is 5.75 Å². The zero-order valence-electron chi connectivity index (χ0n) is 21.6. The molecule has 0 aromatic heterocycles. The minimum Gasteiger partial charge on any atom is -0.483 e.